The van der Waals surface area contributed by atoms with E-state index in [1.165, 1.54) is 16.7 Å². The maximum atomic E-state index is 4.27. The molecule has 1 aliphatic rings. The predicted octanol–water partition coefficient (Wildman–Crippen LogP) is 3.86. The van der Waals surface area contributed by atoms with Crippen molar-refractivity contribution < 1.29 is 0 Å². The van der Waals surface area contributed by atoms with Crippen molar-refractivity contribution in [3.63, 3.8) is 0 Å². The average Bonchev–Trinajstić information content (AvgIpc) is 2.23. The lowest BCUT2D eigenvalue weighted by atomic mass is 9.96. The highest BCUT2D eigenvalue weighted by Gasteiger charge is 2.05. The zero-order valence-electron chi connectivity index (χ0n) is 9.88. The highest BCUT2D eigenvalue weighted by Crippen LogP contribution is 2.19. The van der Waals surface area contributed by atoms with Crippen LogP contribution in [-0.2, 0) is 0 Å². The average molecular weight is 201 g/mol. The molecule has 0 N–H and O–H groups in total. The Morgan fingerprint density at radius 2 is 2.20 bits per heavy atom. The topological polar surface area (TPSA) is 12.4 Å². The molecule has 0 amide bonds. The second-order valence-corrected chi connectivity index (χ2v) is 3.79. The van der Waals surface area contributed by atoms with E-state index >= 15 is 0 Å². The predicted molar refractivity (Wildman–Crippen MR) is 68.4 cm³/mol. The van der Waals surface area contributed by atoms with Crippen LogP contribution >= 0.6 is 0 Å². The van der Waals surface area contributed by atoms with Crippen LogP contribution < -0.4 is 0 Å². The lowest BCUT2D eigenvalue weighted by molar-refractivity contribution is 1.11. The molecule has 1 heteroatoms. The molecule has 0 atom stereocenters. The Labute approximate surface area is 92.6 Å². The van der Waals surface area contributed by atoms with Crippen molar-refractivity contribution in [1.29, 1.82) is 0 Å². The summed E-state index contributed by atoms with van der Waals surface area (Å²) in [5, 5.41) is 0. The van der Waals surface area contributed by atoms with Gasteiger partial charge in [-0.3, -0.25) is 4.99 Å². The van der Waals surface area contributed by atoms with Crippen molar-refractivity contribution in [1.82, 2.24) is 0 Å². The van der Waals surface area contributed by atoms with Crippen LogP contribution in [0.25, 0.3) is 0 Å². The first-order valence-corrected chi connectivity index (χ1v) is 5.30. The van der Waals surface area contributed by atoms with Gasteiger partial charge in [0.15, 0.2) is 0 Å². The molecule has 0 saturated heterocycles. The van der Waals surface area contributed by atoms with E-state index in [9.17, 15) is 0 Å². The maximum Gasteiger partial charge on any atom is 0.0348 e. The van der Waals surface area contributed by atoms with Gasteiger partial charge in [0.25, 0.3) is 0 Å². The van der Waals surface area contributed by atoms with Crippen LogP contribution in [0.1, 0.15) is 26.7 Å². The molecule has 1 rings (SSSR count). The zero-order valence-corrected chi connectivity index (χ0v) is 9.88. The fourth-order valence-electron chi connectivity index (χ4n) is 1.70. The molecule has 0 spiro atoms. The lowest BCUT2D eigenvalue weighted by Gasteiger charge is -2.11. The van der Waals surface area contributed by atoms with Crippen LogP contribution in [0.4, 0.5) is 0 Å². The molecule has 1 aliphatic carbocycles. The summed E-state index contributed by atoms with van der Waals surface area (Å²) in [5.41, 5.74) is 5.11. The molecule has 0 unspecified atom stereocenters. The van der Waals surface area contributed by atoms with Gasteiger partial charge in [-0.15, -0.1) is 0 Å². The molecule has 0 aliphatic heterocycles. The molecular formula is C14H19N. The Kier molecular flexibility index (Phi) is 4.29. The summed E-state index contributed by atoms with van der Waals surface area (Å²) in [6.07, 6.45) is 10.4. The molecule has 0 heterocycles. The standard InChI is InChI=1S/C14H19N/c1-5-13-8-6-7-11(2)14(10-9-13)12(3)15-4/h5-6,8-9H,1,7,10H2,2-4H3/b8-6-,13-9-,14-11+,15-12-. The van der Waals surface area contributed by atoms with Crippen molar-refractivity contribution in [2.45, 2.75) is 26.7 Å². The van der Waals surface area contributed by atoms with Crippen molar-refractivity contribution >= 4 is 5.71 Å². The van der Waals surface area contributed by atoms with Gasteiger partial charge in [-0.2, -0.15) is 0 Å². The van der Waals surface area contributed by atoms with E-state index in [4.69, 9.17) is 0 Å². The van der Waals surface area contributed by atoms with Crippen LogP contribution in [-0.4, -0.2) is 12.8 Å². The van der Waals surface area contributed by atoms with Gasteiger partial charge in [-0.1, -0.05) is 36.5 Å². The quantitative estimate of drug-likeness (QED) is 0.602. The van der Waals surface area contributed by atoms with E-state index in [1.807, 2.05) is 13.1 Å². The smallest absolute Gasteiger partial charge is 0.0348 e. The van der Waals surface area contributed by atoms with Crippen LogP contribution in [0.5, 0.6) is 0 Å². The molecule has 80 valence electrons. The summed E-state index contributed by atoms with van der Waals surface area (Å²) in [5.74, 6) is 0. The number of allylic oxidation sites excluding steroid dienone is 7. The van der Waals surface area contributed by atoms with Gasteiger partial charge in [-0.25, -0.2) is 0 Å². The van der Waals surface area contributed by atoms with Gasteiger partial charge in [0.1, 0.15) is 0 Å². The van der Waals surface area contributed by atoms with Crippen LogP contribution in [0.15, 0.2) is 52.6 Å². The van der Waals surface area contributed by atoms with Gasteiger partial charge in [0.05, 0.1) is 0 Å². The van der Waals surface area contributed by atoms with Crippen molar-refractivity contribution in [3.05, 3.63) is 47.6 Å². The molecule has 0 fully saturated rings. The van der Waals surface area contributed by atoms with E-state index in [1.54, 1.807) is 0 Å². The number of hydrogen-bond acceptors (Lipinski definition) is 1. The normalized spacial score (nSPS) is 28.7. The number of nitrogens with zero attached hydrogens (tertiary/aromatic N) is 1. The molecule has 0 saturated carbocycles. The summed E-state index contributed by atoms with van der Waals surface area (Å²) >= 11 is 0. The molecule has 0 radical (unpaired) electrons. The van der Waals surface area contributed by atoms with Gasteiger partial charge < -0.3 is 0 Å². The maximum absolute atomic E-state index is 4.27. The second kappa shape index (κ2) is 5.50. The summed E-state index contributed by atoms with van der Waals surface area (Å²) < 4.78 is 0. The highest BCUT2D eigenvalue weighted by molar-refractivity contribution is 5.99. The number of hydrogen-bond donors (Lipinski definition) is 0. The Bertz CT molecular complexity index is 365. The molecule has 0 aromatic heterocycles. The van der Waals surface area contributed by atoms with Gasteiger partial charge in [-0.05, 0) is 37.8 Å². The van der Waals surface area contributed by atoms with Crippen molar-refractivity contribution in [3.8, 4) is 0 Å². The van der Waals surface area contributed by atoms with Gasteiger partial charge >= 0.3 is 0 Å². The number of rotatable bonds is 2. The van der Waals surface area contributed by atoms with E-state index in [0.717, 1.165) is 18.6 Å². The first-order valence-electron chi connectivity index (χ1n) is 5.30. The van der Waals surface area contributed by atoms with Crippen LogP contribution in [0, 0.1) is 0 Å². The fourth-order valence-corrected chi connectivity index (χ4v) is 1.70. The lowest BCUT2D eigenvalue weighted by Crippen LogP contribution is -2.01. The minimum absolute atomic E-state index is 0.959. The highest BCUT2D eigenvalue weighted by atomic mass is 14.7. The molecule has 0 aromatic rings. The van der Waals surface area contributed by atoms with E-state index < -0.39 is 0 Å². The largest absolute Gasteiger partial charge is 0.293 e. The Morgan fingerprint density at radius 1 is 1.47 bits per heavy atom. The van der Waals surface area contributed by atoms with Crippen molar-refractivity contribution in [2.75, 3.05) is 7.05 Å². The third-order valence-corrected chi connectivity index (χ3v) is 2.80. The Morgan fingerprint density at radius 3 is 2.80 bits per heavy atom. The summed E-state index contributed by atoms with van der Waals surface area (Å²) in [7, 11) is 1.85. The fraction of sp³-hybridized carbons (Fsp3) is 0.357. The molecule has 1 nitrogen and oxygen atoms in total. The summed E-state index contributed by atoms with van der Waals surface area (Å²) in [4.78, 5) is 4.27. The van der Waals surface area contributed by atoms with E-state index in [0.29, 0.717) is 0 Å². The zero-order chi connectivity index (χ0) is 11.3. The third kappa shape index (κ3) is 3.05. The number of aliphatic imine (C=N–C) groups is 1. The SMILES string of the molecule is C=CC1=C/CC(/C(C)=N\C)=C(/C)C/C=C\1. The minimum atomic E-state index is 0.959. The van der Waals surface area contributed by atoms with Gasteiger partial charge in [0.2, 0.25) is 0 Å². The summed E-state index contributed by atoms with van der Waals surface area (Å²) in [6.45, 7) is 8.06. The molecule has 0 bridgehead atoms. The second-order valence-electron chi connectivity index (χ2n) is 3.79. The Balaban J connectivity index is 3.05. The molecule has 15 heavy (non-hydrogen) atoms. The minimum Gasteiger partial charge on any atom is -0.293 e. The van der Waals surface area contributed by atoms with E-state index in [2.05, 4.69) is 43.6 Å². The van der Waals surface area contributed by atoms with Crippen LogP contribution in [0.2, 0.25) is 0 Å². The van der Waals surface area contributed by atoms with E-state index in [-0.39, 0.29) is 0 Å². The van der Waals surface area contributed by atoms with Gasteiger partial charge in [0, 0.05) is 12.8 Å². The molecule has 0 aromatic carbocycles. The Hall–Kier alpha value is -1.37. The third-order valence-electron chi connectivity index (χ3n) is 2.80. The van der Waals surface area contributed by atoms with Crippen molar-refractivity contribution in [2.24, 2.45) is 4.99 Å². The first kappa shape index (κ1) is 11.7. The van der Waals surface area contributed by atoms with Crippen LogP contribution in [0.3, 0.4) is 0 Å². The monoisotopic (exact) mass is 201 g/mol. The first-order chi connectivity index (χ1) is 7.19. The molecular weight excluding hydrogens is 182 g/mol. The summed E-state index contributed by atoms with van der Waals surface area (Å²) in [6, 6.07) is 0.